The molecule has 0 aliphatic heterocycles. The van der Waals surface area contributed by atoms with Gasteiger partial charge < -0.3 is 15.8 Å². The van der Waals surface area contributed by atoms with Crippen LogP contribution in [0.25, 0.3) is 10.1 Å². The van der Waals surface area contributed by atoms with E-state index in [0.717, 1.165) is 4.70 Å². The summed E-state index contributed by atoms with van der Waals surface area (Å²) >= 11 is 1.25. The average molecular weight is 268 g/mol. The molecule has 0 aliphatic carbocycles. The molecule has 18 heavy (non-hydrogen) atoms. The maximum atomic E-state index is 13.1. The number of hydrogen-bond donors (Lipinski definition) is 2. The number of thiophene rings is 1. The number of ether oxygens (including phenoxy) is 1. The van der Waals surface area contributed by atoms with Gasteiger partial charge in [-0.15, -0.1) is 11.3 Å². The van der Waals surface area contributed by atoms with Gasteiger partial charge in [0, 0.05) is 23.7 Å². The first-order valence-electron chi connectivity index (χ1n) is 5.38. The van der Waals surface area contributed by atoms with Gasteiger partial charge >= 0.3 is 0 Å². The first kappa shape index (κ1) is 12.8. The smallest absolute Gasteiger partial charge is 0.263 e. The Labute approximate surface area is 108 Å². The van der Waals surface area contributed by atoms with Gasteiger partial charge in [0.1, 0.15) is 10.7 Å². The molecular formula is C12H13FN2O2S. The summed E-state index contributed by atoms with van der Waals surface area (Å²) in [6.45, 7) is 0.850. The molecule has 2 rings (SSSR count). The van der Waals surface area contributed by atoms with E-state index in [-0.39, 0.29) is 11.7 Å². The third-order valence-electron chi connectivity index (χ3n) is 2.49. The van der Waals surface area contributed by atoms with Crippen LogP contribution in [0, 0.1) is 5.82 Å². The van der Waals surface area contributed by atoms with Crippen molar-refractivity contribution >= 4 is 33.0 Å². The third-order valence-corrected chi connectivity index (χ3v) is 3.67. The summed E-state index contributed by atoms with van der Waals surface area (Å²) in [7, 11) is 1.56. The highest BCUT2D eigenvalue weighted by Gasteiger charge is 2.16. The van der Waals surface area contributed by atoms with Gasteiger partial charge in [0.2, 0.25) is 0 Å². The Morgan fingerprint density at radius 3 is 3.06 bits per heavy atom. The Morgan fingerprint density at radius 1 is 1.56 bits per heavy atom. The number of nitrogen functional groups attached to an aromatic ring is 1. The molecule has 2 aromatic rings. The summed E-state index contributed by atoms with van der Waals surface area (Å²) in [5.74, 6) is -0.621. The summed E-state index contributed by atoms with van der Waals surface area (Å²) in [4.78, 5) is 12.3. The molecule has 0 fully saturated rings. The number of methoxy groups -OCH3 is 1. The zero-order chi connectivity index (χ0) is 13.1. The number of halogens is 1. The van der Waals surface area contributed by atoms with Crippen LogP contribution in [0.1, 0.15) is 9.67 Å². The second kappa shape index (κ2) is 5.32. The van der Waals surface area contributed by atoms with Gasteiger partial charge in [0.05, 0.1) is 12.3 Å². The Hall–Kier alpha value is -1.66. The van der Waals surface area contributed by atoms with Crippen molar-refractivity contribution in [3.8, 4) is 0 Å². The van der Waals surface area contributed by atoms with Gasteiger partial charge in [-0.25, -0.2) is 4.39 Å². The van der Waals surface area contributed by atoms with E-state index in [1.165, 1.54) is 23.5 Å². The molecule has 0 saturated carbocycles. The van der Waals surface area contributed by atoms with Gasteiger partial charge in [-0.3, -0.25) is 4.79 Å². The van der Waals surface area contributed by atoms with Crippen molar-refractivity contribution in [2.75, 3.05) is 26.0 Å². The van der Waals surface area contributed by atoms with E-state index in [9.17, 15) is 9.18 Å². The van der Waals surface area contributed by atoms with Crippen LogP contribution in [-0.2, 0) is 4.74 Å². The van der Waals surface area contributed by atoms with E-state index in [0.29, 0.717) is 29.1 Å². The molecule has 1 heterocycles. The molecule has 0 aliphatic rings. The van der Waals surface area contributed by atoms with Gasteiger partial charge in [-0.1, -0.05) is 0 Å². The van der Waals surface area contributed by atoms with E-state index in [4.69, 9.17) is 10.5 Å². The second-order valence-corrected chi connectivity index (χ2v) is 4.79. The maximum Gasteiger partial charge on any atom is 0.263 e. The zero-order valence-corrected chi connectivity index (χ0v) is 10.6. The van der Waals surface area contributed by atoms with Gasteiger partial charge in [0.15, 0.2) is 0 Å². The lowest BCUT2D eigenvalue weighted by Crippen LogP contribution is -2.26. The fourth-order valence-electron chi connectivity index (χ4n) is 1.60. The molecule has 0 atom stereocenters. The minimum absolute atomic E-state index is 0.258. The normalized spacial score (nSPS) is 10.8. The summed E-state index contributed by atoms with van der Waals surface area (Å²) in [5, 5.41) is 3.27. The number of rotatable bonds is 4. The number of nitrogens with one attached hydrogen (secondary N) is 1. The van der Waals surface area contributed by atoms with Crippen molar-refractivity contribution in [2.45, 2.75) is 0 Å². The fraction of sp³-hybridized carbons (Fsp3) is 0.250. The molecule has 4 nitrogen and oxygen atoms in total. The Balaban J connectivity index is 2.28. The molecule has 1 aromatic heterocycles. The average Bonchev–Trinajstić information content (AvgIpc) is 2.67. The van der Waals surface area contributed by atoms with E-state index in [1.807, 2.05) is 0 Å². The molecule has 0 radical (unpaired) electrons. The van der Waals surface area contributed by atoms with Crippen LogP contribution in [0.2, 0.25) is 0 Å². The predicted molar refractivity (Wildman–Crippen MR) is 70.4 cm³/mol. The zero-order valence-electron chi connectivity index (χ0n) is 9.83. The highest BCUT2D eigenvalue weighted by Crippen LogP contribution is 2.33. The molecule has 0 bridgehead atoms. The Morgan fingerprint density at radius 2 is 2.33 bits per heavy atom. The minimum Gasteiger partial charge on any atom is -0.397 e. The van der Waals surface area contributed by atoms with E-state index in [1.54, 1.807) is 13.2 Å². The van der Waals surface area contributed by atoms with Crippen LogP contribution in [-0.4, -0.2) is 26.2 Å². The molecule has 1 amide bonds. The van der Waals surface area contributed by atoms with Crippen molar-refractivity contribution in [1.82, 2.24) is 5.32 Å². The molecule has 1 aromatic carbocycles. The van der Waals surface area contributed by atoms with Crippen molar-refractivity contribution in [1.29, 1.82) is 0 Å². The Bertz CT molecular complexity index is 583. The summed E-state index contributed by atoms with van der Waals surface area (Å²) < 4.78 is 18.7. The standard InChI is InChI=1S/C12H13FN2O2S/c1-17-5-4-15-12(16)11-10(14)8-6-7(13)2-3-9(8)18-11/h2-3,6H,4-5,14H2,1H3,(H,15,16). The molecule has 96 valence electrons. The van der Waals surface area contributed by atoms with E-state index < -0.39 is 0 Å². The van der Waals surface area contributed by atoms with E-state index in [2.05, 4.69) is 5.32 Å². The number of nitrogens with two attached hydrogens (primary N) is 1. The number of fused-ring (bicyclic) bond motifs is 1. The Kier molecular flexibility index (Phi) is 3.78. The maximum absolute atomic E-state index is 13.1. The van der Waals surface area contributed by atoms with Crippen LogP contribution in [0.15, 0.2) is 18.2 Å². The van der Waals surface area contributed by atoms with Crippen LogP contribution >= 0.6 is 11.3 Å². The van der Waals surface area contributed by atoms with Gasteiger partial charge in [0.25, 0.3) is 5.91 Å². The lowest BCUT2D eigenvalue weighted by Gasteiger charge is -2.02. The predicted octanol–water partition coefficient (Wildman–Crippen LogP) is 2.00. The van der Waals surface area contributed by atoms with Gasteiger partial charge in [-0.05, 0) is 18.2 Å². The van der Waals surface area contributed by atoms with E-state index >= 15 is 0 Å². The fourth-order valence-corrected chi connectivity index (χ4v) is 2.62. The van der Waals surface area contributed by atoms with Crippen molar-refractivity contribution in [2.24, 2.45) is 0 Å². The molecule has 0 unspecified atom stereocenters. The topological polar surface area (TPSA) is 64.3 Å². The third kappa shape index (κ3) is 2.44. The highest BCUT2D eigenvalue weighted by molar-refractivity contribution is 7.21. The number of benzene rings is 1. The minimum atomic E-state index is -0.363. The molecule has 0 spiro atoms. The largest absolute Gasteiger partial charge is 0.397 e. The molecule has 3 N–H and O–H groups in total. The number of anilines is 1. The summed E-state index contributed by atoms with van der Waals surface area (Å²) in [5.41, 5.74) is 6.19. The second-order valence-electron chi connectivity index (χ2n) is 3.73. The highest BCUT2D eigenvalue weighted by atomic mass is 32.1. The lowest BCUT2D eigenvalue weighted by atomic mass is 10.2. The van der Waals surface area contributed by atoms with Crippen LogP contribution in [0.4, 0.5) is 10.1 Å². The monoisotopic (exact) mass is 268 g/mol. The first-order valence-corrected chi connectivity index (χ1v) is 6.20. The number of carbonyl (C=O) groups is 1. The van der Waals surface area contributed by atoms with Crippen molar-refractivity contribution in [3.63, 3.8) is 0 Å². The molecule has 6 heteroatoms. The number of carbonyl (C=O) groups excluding carboxylic acids is 1. The molecular weight excluding hydrogens is 255 g/mol. The summed E-state index contributed by atoms with van der Waals surface area (Å²) in [6.07, 6.45) is 0. The SMILES string of the molecule is COCCNC(=O)c1sc2ccc(F)cc2c1N. The van der Waals surface area contributed by atoms with Gasteiger partial charge in [-0.2, -0.15) is 0 Å². The van der Waals surface area contributed by atoms with Crippen molar-refractivity contribution < 1.29 is 13.9 Å². The number of hydrogen-bond acceptors (Lipinski definition) is 4. The molecule has 0 saturated heterocycles. The quantitative estimate of drug-likeness (QED) is 0.834. The van der Waals surface area contributed by atoms with Crippen LogP contribution in [0.3, 0.4) is 0 Å². The van der Waals surface area contributed by atoms with Crippen LogP contribution < -0.4 is 11.1 Å². The first-order chi connectivity index (χ1) is 8.63. The van der Waals surface area contributed by atoms with Crippen molar-refractivity contribution in [3.05, 3.63) is 28.9 Å². The van der Waals surface area contributed by atoms with Crippen LogP contribution in [0.5, 0.6) is 0 Å². The summed E-state index contributed by atoms with van der Waals surface area (Å²) in [6, 6.07) is 4.32. The lowest BCUT2D eigenvalue weighted by molar-refractivity contribution is 0.0942. The number of amides is 1.